The Morgan fingerprint density at radius 1 is 0.237 bits per heavy atom. The van der Waals surface area contributed by atoms with Gasteiger partial charge in [0.05, 0.1) is 11.4 Å². The van der Waals surface area contributed by atoms with Crippen LogP contribution < -0.4 is 9.80 Å². The van der Waals surface area contributed by atoms with E-state index in [1.54, 1.807) is 0 Å². The van der Waals surface area contributed by atoms with Crippen LogP contribution in [0.15, 0.2) is 272 Å². The van der Waals surface area contributed by atoms with Crippen LogP contribution in [-0.2, 0) is 10.8 Å². The Labute approximate surface area is 436 Å². The molecule has 4 heterocycles. The average molecular weight is 975 g/mol. The Hall–Kier alpha value is -10.0. The maximum Gasteiger partial charge on any atom is 0.205 e. The fourth-order valence-electron chi connectivity index (χ4n) is 13.5. The lowest BCUT2D eigenvalue weighted by Crippen LogP contribution is -2.42. The molecule has 0 bridgehead atoms. The van der Waals surface area contributed by atoms with Gasteiger partial charge in [-0.2, -0.15) is 0 Å². The first kappa shape index (κ1) is 41.4. The van der Waals surface area contributed by atoms with Crippen LogP contribution in [0.4, 0.5) is 34.5 Å². The van der Waals surface area contributed by atoms with Gasteiger partial charge in [0.15, 0.2) is 0 Å². The highest BCUT2D eigenvalue weighted by molar-refractivity contribution is 6.07. The number of hydrogen-bond donors (Lipinski definition) is 0. The smallest absolute Gasteiger partial charge is 0.205 e. The van der Waals surface area contributed by atoms with Gasteiger partial charge in [0.2, 0.25) is 11.8 Å². The Kier molecular flexibility index (Phi) is 8.32. The van der Waals surface area contributed by atoms with E-state index in [1.807, 2.05) is 24.3 Å². The standard InChI is InChI=1S/C70H42N2O4/c1-3-19-43(20-4-1)71(45-35-37-53-51-27-11-17-33-61(51)73-63(53)39-45)65-41-59-67(75-65)70(57-31-15-9-25-49(57)50-26-10-16-32-58(50)70)60-42-66(76-68(60)69(59)55-29-13-7-23-47(55)48-24-8-14-30-56(48)69)72(44-21-5-2-6-22-44)46-36-38-54-52-28-12-18-34-62(52)74-64(54)40-46/h1-42H. The van der Waals surface area contributed by atoms with Gasteiger partial charge in [0.25, 0.3) is 0 Å². The van der Waals surface area contributed by atoms with E-state index >= 15 is 0 Å². The van der Waals surface area contributed by atoms with Gasteiger partial charge in [-0.05, 0) is 105 Å². The minimum Gasteiger partial charge on any atom is -0.456 e. The van der Waals surface area contributed by atoms with Crippen LogP contribution in [0.5, 0.6) is 0 Å². The topological polar surface area (TPSA) is 59.0 Å². The van der Waals surface area contributed by atoms with Crippen LogP contribution in [0, 0.1) is 0 Å². The Morgan fingerprint density at radius 3 is 0.961 bits per heavy atom. The zero-order valence-electron chi connectivity index (χ0n) is 40.8. The Bertz CT molecular complexity index is 4250. The van der Waals surface area contributed by atoms with Crippen molar-refractivity contribution < 1.29 is 17.7 Å². The third-order valence-corrected chi connectivity index (χ3v) is 16.5. The summed E-state index contributed by atoms with van der Waals surface area (Å²) in [5, 5.41) is 4.28. The molecule has 3 aliphatic rings. The van der Waals surface area contributed by atoms with E-state index < -0.39 is 10.8 Å². The average Bonchev–Trinajstić information content (AvgIpc) is 4.24. The molecule has 0 atom stereocenters. The molecule has 0 aliphatic heterocycles. The molecular formula is C70H42N2O4. The Morgan fingerprint density at radius 2 is 0.566 bits per heavy atom. The van der Waals surface area contributed by atoms with Crippen molar-refractivity contribution in [2.45, 2.75) is 10.8 Å². The van der Waals surface area contributed by atoms with Crippen molar-refractivity contribution in [2.24, 2.45) is 0 Å². The third-order valence-electron chi connectivity index (χ3n) is 16.5. The fraction of sp³-hybridized carbons (Fsp3) is 0.0286. The molecule has 0 N–H and O–H groups in total. The van der Waals surface area contributed by atoms with Crippen molar-refractivity contribution in [1.82, 2.24) is 0 Å². The van der Waals surface area contributed by atoms with Gasteiger partial charge in [-0.15, -0.1) is 0 Å². The summed E-state index contributed by atoms with van der Waals surface area (Å²) < 4.78 is 29.2. The van der Waals surface area contributed by atoms with Gasteiger partial charge in [0, 0.05) is 68.3 Å². The molecular weight excluding hydrogens is 933 g/mol. The Balaban J connectivity index is 1.00. The number of para-hydroxylation sites is 4. The van der Waals surface area contributed by atoms with Crippen LogP contribution in [-0.4, -0.2) is 0 Å². The van der Waals surface area contributed by atoms with E-state index in [0.29, 0.717) is 11.8 Å². The predicted molar refractivity (Wildman–Crippen MR) is 303 cm³/mol. The van der Waals surface area contributed by atoms with Crippen molar-refractivity contribution in [3.05, 3.63) is 300 Å². The number of anilines is 6. The lowest BCUT2D eigenvalue weighted by molar-refractivity contribution is 0.405. The second-order valence-corrected chi connectivity index (χ2v) is 20.2. The van der Waals surface area contributed by atoms with Crippen LogP contribution in [0.3, 0.4) is 0 Å². The number of hydrogen-bond acceptors (Lipinski definition) is 6. The molecule has 0 saturated heterocycles. The van der Waals surface area contributed by atoms with Crippen LogP contribution in [0.2, 0.25) is 0 Å². The molecule has 0 unspecified atom stereocenters. The van der Waals surface area contributed by atoms with E-state index in [1.165, 1.54) is 0 Å². The van der Waals surface area contributed by atoms with Crippen molar-refractivity contribution >= 4 is 78.4 Å². The van der Waals surface area contributed by atoms with E-state index in [4.69, 9.17) is 17.7 Å². The predicted octanol–water partition coefficient (Wildman–Crippen LogP) is 18.7. The summed E-state index contributed by atoms with van der Waals surface area (Å²) in [6.07, 6.45) is 0. The minimum atomic E-state index is -0.980. The summed E-state index contributed by atoms with van der Waals surface area (Å²) in [6, 6.07) is 90.6. The molecule has 0 saturated carbocycles. The maximum atomic E-state index is 8.02. The van der Waals surface area contributed by atoms with Crippen LogP contribution in [0.1, 0.15) is 44.9 Å². The first-order chi connectivity index (χ1) is 37.7. The summed E-state index contributed by atoms with van der Waals surface area (Å²) in [6.45, 7) is 0. The highest BCUT2D eigenvalue weighted by Gasteiger charge is 2.64. The minimum absolute atomic E-state index is 0.671. The summed E-state index contributed by atoms with van der Waals surface area (Å²) in [4.78, 5) is 4.48. The van der Waals surface area contributed by atoms with Crippen LogP contribution >= 0.6 is 0 Å². The molecule has 356 valence electrons. The van der Waals surface area contributed by atoms with E-state index in [9.17, 15) is 0 Å². The van der Waals surface area contributed by atoms with Gasteiger partial charge >= 0.3 is 0 Å². The van der Waals surface area contributed by atoms with Gasteiger partial charge in [-0.25, -0.2) is 0 Å². The first-order valence-electron chi connectivity index (χ1n) is 25.9. The number of benzene rings is 10. The highest BCUT2D eigenvalue weighted by Crippen LogP contribution is 2.70. The normalized spacial score (nSPS) is 14.0. The molecule has 76 heavy (non-hydrogen) atoms. The molecule has 0 radical (unpaired) electrons. The van der Waals surface area contributed by atoms with Gasteiger partial charge in [-0.3, -0.25) is 9.80 Å². The van der Waals surface area contributed by atoms with Gasteiger partial charge in [0.1, 0.15) is 44.7 Å². The monoisotopic (exact) mass is 974 g/mol. The summed E-state index contributed by atoms with van der Waals surface area (Å²) in [5.74, 6) is 3.02. The van der Waals surface area contributed by atoms with Crippen molar-refractivity contribution in [3.63, 3.8) is 0 Å². The number of furan rings is 4. The summed E-state index contributed by atoms with van der Waals surface area (Å²) in [5.41, 5.74) is 16.2. The number of nitrogens with zero attached hydrogens (tertiary/aromatic N) is 2. The molecule has 6 nitrogen and oxygen atoms in total. The SMILES string of the molecule is c1ccc(N(c2ccc3c(c2)oc2ccccc23)c2cc3c(o2)C2(c4ccccc4-c4ccccc42)c2cc(N(c4ccccc4)c4ccc5c(c4)oc4ccccc45)oc2C32c3ccccc3-c3ccccc32)cc1. The molecule has 6 heteroatoms. The fourth-order valence-corrected chi connectivity index (χ4v) is 13.5. The van der Waals surface area contributed by atoms with E-state index in [0.717, 1.165) is 134 Å². The summed E-state index contributed by atoms with van der Waals surface area (Å²) >= 11 is 0. The lowest BCUT2D eigenvalue weighted by Gasteiger charge is -2.42. The highest BCUT2D eigenvalue weighted by atomic mass is 16.4. The lowest BCUT2D eigenvalue weighted by atomic mass is 9.57. The summed E-state index contributed by atoms with van der Waals surface area (Å²) in [7, 11) is 0. The maximum absolute atomic E-state index is 8.02. The molecule has 3 aliphatic carbocycles. The van der Waals surface area contributed by atoms with E-state index in [2.05, 4.69) is 240 Å². The molecule has 0 fully saturated rings. The molecule has 0 amide bonds. The quantitative estimate of drug-likeness (QED) is 0.165. The molecule has 10 aromatic carbocycles. The number of fused-ring (bicyclic) bond motifs is 22. The largest absolute Gasteiger partial charge is 0.456 e. The zero-order chi connectivity index (χ0) is 49.7. The van der Waals surface area contributed by atoms with Crippen molar-refractivity contribution in [1.29, 1.82) is 0 Å². The number of rotatable bonds is 6. The van der Waals surface area contributed by atoms with E-state index in [-0.39, 0.29) is 0 Å². The molecule has 14 aromatic rings. The molecule has 4 aromatic heterocycles. The van der Waals surface area contributed by atoms with Gasteiger partial charge in [-0.1, -0.05) is 170 Å². The molecule has 17 rings (SSSR count). The van der Waals surface area contributed by atoms with Crippen LogP contribution in [0.25, 0.3) is 66.1 Å². The van der Waals surface area contributed by atoms with Crippen molar-refractivity contribution in [3.8, 4) is 22.3 Å². The molecule has 2 spiro atoms. The zero-order valence-corrected chi connectivity index (χ0v) is 40.8. The third kappa shape index (κ3) is 5.34. The second-order valence-electron chi connectivity index (χ2n) is 20.2. The second kappa shape index (κ2) is 15.3. The van der Waals surface area contributed by atoms with Crippen molar-refractivity contribution in [2.75, 3.05) is 9.80 Å². The van der Waals surface area contributed by atoms with Gasteiger partial charge < -0.3 is 17.7 Å². The first-order valence-corrected chi connectivity index (χ1v) is 25.9.